The molecule has 0 heterocycles. The smallest absolute Gasteiger partial charge is 0.505 e. The van der Waals surface area contributed by atoms with Gasteiger partial charge in [-0.2, -0.15) is 36.4 Å². The van der Waals surface area contributed by atoms with Gasteiger partial charge in [-0.15, -0.1) is 0 Å². The number of phenolic OH excluding ortho intramolecular Hbond substituents is 2. The van der Waals surface area contributed by atoms with Gasteiger partial charge in [0.05, 0.1) is 0 Å². The van der Waals surface area contributed by atoms with Crippen molar-refractivity contribution in [1.82, 2.24) is 0 Å². The molecule has 4 rings (SSSR count). The Labute approximate surface area is 185 Å². The Balaban J connectivity index is 0.000000369. The first-order chi connectivity index (χ1) is 13.4. The molecule has 0 saturated carbocycles. The van der Waals surface area contributed by atoms with Crippen molar-refractivity contribution in [2.75, 3.05) is 0 Å². The number of hydrogen-bond donors (Lipinski definition) is 2. The van der Waals surface area contributed by atoms with Gasteiger partial charge in [-0.1, -0.05) is 0 Å². The molecule has 0 aliphatic heterocycles. The molecule has 2 N–H and O–H groups in total. The summed E-state index contributed by atoms with van der Waals surface area (Å²) in [4.78, 5) is 0. The number of rotatable bonds is 0. The van der Waals surface area contributed by atoms with Crippen molar-refractivity contribution in [2.45, 2.75) is 0 Å². The van der Waals surface area contributed by atoms with E-state index in [1.54, 1.807) is 0 Å². The van der Waals surface area contributed by atoms with Crippen LogP contribution >= 0.6 is 0 Å². The predicted molar refractivity (Wildman–Crippen MR) is 100 cm³/mol. The Bertz CT molecular complexity index is 785. The van der Waals surface area contributed by atoms with Crippen molar-refractivity contribution in [3.63, 3.8) is 0 Å². The predicted octanol–water partition coefficient (Wildman–Crippen LogP) is 6.15. The number of hydrogen-bond acceptors (Lipinski definition) is 2. The van der Waals surface area contributed by atoms with Gasteiger partial charge in [-0.05, 0) is 24.3 Å². The Morgan fingerprint density at radius 3 is 1.03 bits per heavy atom. The summed E-state index contributed by atoms with van der Waals surface area (Å²) < 4.78 is 48.2. The third-order valence-electron chi connectivity index (χ3n) is 2.93. The molecule has 4 aromatic rings. The quantitative estimate of drug-likeness (QED) is 0.234. The first kappa shape index (κ1) is 26.3. The van der Waals surface area contributed by atoms with Crippen LogP contribution in [0.5, 0.6) is 11.5 Å². The maximum Gasteiger partial charge on any atom is 2.00 e. The van der Waals surface area contributed by atoms with E-state index in [0.717, 1.165) is 24.3 Å². The molecule has 0 radical (unpaired) electrons. The van der Waals surface area contributed by atoms with Crippen LogP contribution in [0.25, 0.3) is 0 Å². The molecule has 29 heavy (non-hydrogen) atoms. The molecular weight excluding hydrogens is 463 g/mol. The minimum absolute atomic E-state index is 0. The number of halogens is 4. The summed E-state index contributed by atoms with van der Waals surface area (Å²) in [6.07, 6.45) is 0. The van der Waals surface area contributed by atoms with Gasteiger partial charge in [0.15, 0.2) is 23.1 Å². The molecule has 0 aliphatic carbocycles. The minimum atomic E-state index is -0.935. The minimum Gasteiger partial charge on any atom is -0.505 e. The van der Waals surface area contributed by atoms with Crippen molar-refractivity contribution in [2.24, 2.45) is 0 Å². The van der Waals surface area contributed by atoms with Crippen molar-refractivity contribution < 1.29 is 54.0 Å². The monoisotopic (exact) mass is 480 g/mol. The third kappa shape index (κ3) is 12.4. The first-order valence-electron chi connectivity index (χ1n) is 8.01. The molecule has 0 amide bonds. The summed E-state index contributed by atoms with van der Waals surface area (Å²) in [5.74, 6) is -4.31. The standard InChI is InChI=1S/2C6H4F2O.2C5H5.Zr/c2*7-4-1-2-6(9)5(8)3-4;2*1-2-4-5-3-1;/h2*1-3,9H;2*1-5H;/q;;2*-1;+2. The molecule has 0 fully saturated rings. The zero-order valence-corrected chi connectivity index (χ0v) is 17.6. The maximum absolute atomic E-state index is 12.1. The molecule has 0 saturated heterocycles. The van der Waals surface area contributed by atoms with Gasteiger partial charge in [-0.3, -0.25) is 0 Å². The van der Waals surface area contributed by atoms with E-state index in [1.807, 2.05) is 60.7 Å². The van der Waals surface area contributed by atoms with Crippen molar-refractivity contribution in [3.05, 3.63) is 120 Å². The molecule has 0 unspecified atom stereocenters. The SMILES string of the molecule is Oc1ccc(F)cc1F.Oc1ccc(F)cc1F.[Zr+2].c1cc[cH-]c1.c1cc[cH-]c1. The zero-order chi connectivity index (χ0) is 20.8. The summed E-state index contributed by atoms with van der Waals surface area (Å²) in [5.41, 5.74) is 0. The summed E-state index contributed by atoms with van der Waals surface area (Å²) in [5, 5.41) is 17.0. The molecule has 150 valence electrons. The number of phenols is 2. The summed E-state index contributed by atoms with van der Waals surface area (Å²) >= 11 is 0. The van der Waals surface area contributed by atoms with Crippen LogP contribution in [0.2, 0.25) is 0 Å². The van der Waals surface area contributed by atoms with Crippen LogP contribution in [0.15, 0.2) is 97.1 Å². The van der Waals surface area contributed by atoms with Gasteiger partial charge in [0.2, 0.25) is 0 Å². The van der Waals surface area contributed by atoms with E-state index >= 15 is 0 Å². The van der Waals surface area contributed by atoms with Gasteiger partial charge in [-0.25, -0.2) is 41.8 Å². The summed E-state index contributed by atoms with van der Waals surface area (Å²) in [7, 11) is 0. The van der Waals surface area contributed by atoms with Crippen LogP contribution in [0.4, 0.5) is 17.6 Å². The van der Waals surface area contributed by atoms with Crippen LogP contribution in [0.1, 0.15) is 0 Å². The van der Waals surface area contributed by atoms with Crippen molar-refractivity contribution >= 4 is 0 Å². The summed E-state index contributed by atoms with van der Waals surface area (Å²) in [6.45, 7) is 0. The molecule has 0 aliphatic rings. The number of benzene rings is 2. The fraction of sp³-hybridized carbons (Fsp3) is 0. The van der Waals surface area contributed by atoms with Gasteiger partial charge in [0.25, 0.3) is 0 Å². The van der Waals surface area contributed by atoms with Gasteiger partial charge < -0.3 is 10.2 Å². The van der Waals surface area contributed by atoms with Gasteiger partial charge in [0, 0.05) is 12.1 Å². The molecule has 0 bridgehead atoms. The number of aromatic hydroxyl groups is 2. The third-order valence-corrected chi connectivity index (χ3v) is 2.93. The van der Waals surface area contributed by atoms with Gasteiger partial charge in [0.1, 0.15) is 11.6 Å². The molecule has 4 aromatic carbocycles. The van der Waals surface area contributed by atoms with Crippen LogP contribution < -0.4 is 0 Å². The largest absolute Gasteiger partial charge is 2.00 e. The summed E-state index contributed by atoms with van der Waals surface area (Å²) in [6, 6.07) is 25.1. The van der Waals surface area contributed by atoms with Crippen LogP contribution in [-0.4, -0.2) is 10.2 Å². The molecule has 7 heteroatoms. The maximum atomic E-state index is 12.1. The van der Waals surface area contributed by atoms with Crippen LogP contribution in [0.3, 0.4) is 0 Å². The van der Waals surface area contributed by atoms with Gasteiger partial charge >= 0.3 is 26.2 Å². The Hall–Kier alpha value is -2.66. The Morgan fingerprint density at radius 2 is 0.862 bits per heavy atom. The van der Waals surface area contributed by atoms with E-state index < -0.39 is 34.8 Å². The van der Waals surface area contributed by atoms with E-state index in [1.165, 1.54) is 0 Å². The van der Waals surface area contributed by atoms with E-state index in [9.17, 15) is 17.6 Å². The average Bonchev–Trinajstić information content (AvgIpc) is 3.41. The fourth-order valence-corrected chi connectivity index (χ4v) is 1.60. The second-order valence-electron chi connectivity index (χ2n) is 5.12. The van der Waals surface area contributed by atoms with Crippen molar-refractivity contribution in [3.8, 4) is 11.5 Å². The van der Waals surface area contributed by atoms with Crippen LogP contribution in [0, 0.1) is 23.3 Å². The van der Waals surface area contributed by atoms with E-state index in [2.05, 4.69) is 0 Å². The first-order valence-corrected chi connectivity index (χ1v) is 8.01. The van der Waals surface area contributed by atoms with E-state index in [-0.39, 0.29) is 26.2 Å². The second-order valence-corrected chi connectivity index (χ2v) is 5.12. The molecule has 0 spiro atoms. The van der Waals surface area contributed by atoms with E-state index in [4.69, 9.17) is 10.2 Å². The average molecular weight is 482 g/mol. The normalized spacial score (nSPS) is 8.69. The molecule has 2 nitrogen and oxygen atoms in total. The van der Waals surface area contributed by atoms with Crippen molar-refractivity contribution in [1.29, 1.82) is 0 Å². The van der Waals surface area contributed by atoms with Crippen LogP contribution in [-0.2, 0) is 26.2 Å². The van der Waals surface area contributed by atoms with E-state index in [0.29, 0.717) is 12.1 Å². The topological polar surface area (TPSA) is 40.5 Å². The molecule has 0 atom stereocenters. The zero-order valence-electron chi connectivity index (χ0n) is 15.1. The fourth-order valence-electron chi connectivity index (χ4n) is 1.60. The Kier molecular flexibility index (Phi) is 13.9. The second kappa shape index (κ2) is 15.3. The molecule has 0 aromatic heterocycles. The molecular formula is C22H18F4O2Zr. The Morgan fingerprint density at radius 1 is 0.552 bits per heavy atom.